The second-order valence-electron chi connectivity index (χ2n) is 20.5. The number of hydrogen-bond donors (Lipinski definition) is 4. The van der Waals surface area contributed by atoms with Crippen LogP contribution in [0.1, 0.15) is 99.4 Å². The molecule has 4 fully saturated rings. The normalized spacial score (nSPS) is 23.3. The monoisotopic (exact) mass is 916 g/mol. The summed E-state index contributed by atoms with van der Waals surface area (Å²) in [7, 11) is 2.63. The molecule has 6 aromatic rings. The van der Waals surface area contributed by atoms with Crippen molar-refractivity contribution in [3.05, 3.63) is 107 Å². The zero-order valence-corrected chi connectivity index (χ0v) is 39.6. The van der Waals surface area contributed by atoms with Crippen molar-refractivity contribution in [1.82, 2.24) is 40.4 Å². The number of benzene rings is 4. The first kappa shape index (κ1) is 43.8. The summed E-state index contributed by atoms with van der Waals surface area (Å²) in [4.78, 5) is 73.8. The van der Waals surface area contributed by atoms with Gasteiger partial charge in [-0.25, -0.2) is 19.6 Å². The number of carbonyl (C=O) groups is 4. The molecular formula is C54H60N8O6. The number of aromatic amines is 2. The van der Waals surface area contributed by atoms with Crippen LogP contribution in [0.4, 0.5) is 9.59 Å². The summed E-state index contributed by atoms with van der Waals surface area (Å²) < 4.78 is 9.72. The van der Waals surface area contributed by atoms with Crippen LogP contribution in [0.2, 0.25) is 0 Å². The van der Waals surface area contributed by atoms with Crippen LogP contribution in [0.25, 0.3) is 44.3 Å². The van der Waals surface area contributed by atoms with Gasteiger partial charge in [-0.05, 0) is 144 Å². The molecule has 4 bridgehead atoms. The first-order valence-electron chi connectivity index (χ1n) is 24.4. The number of alkyl carbamates (subject to hydrolysis) is 2. The molecule has 6 aliphatic carbocycles. The number of likely N-dealkylation sites (tertiary alicyclic amines) is 2. The number of amides is 4. The molecule has 14 nitrogen and oxygen atoms in total. The minimum Gasteiger partial charge on any atom is -0.453 e. The number of nitrogens with one attached hydrogen (secondary N) is 4. The molecule has 4 aromatic carbocycles. The van der Waals surface area contributed by atoms with Gasteiger partial charge in [-0.1, -0.05) is 76.2 Å². The van der Waals surface area contributed by atoms with Gasteiger partial charge < -0.3 is 39.9 Å². The number of nitrogens with zero attached hydrogens (tertiary/aromatic N) is 4. The van der Waals surface area contributed by atoms with Crippen LogP contribution in [0.3, 0.4) is 0 Å². The zero-order chi connectivity index (χ0) is 47.1. The summed E-state index contributed by atoms with van der Waals surface area (Å²) in [5.74, 6) is 2.09. The molecule has 4 heterocycles. The molecular weight excluding hydrogens is 857 g/mol. The second-order valence-corrected chi connectivity index (χ2v) is 20.5. The molecule has 2 saturated heterocycles. The minimum atomic E-state index is -0.681. The maximum Gasteiger partial charge on any atom is 0.407 e. The third-order valence-electron chi connectivity index (χ3n) is 15.5. The maximum atomic E-state index is 14.0. The number of fused-ring (bicyclic) bond motifs is 4. The van der Waals surface area contributed by atoms with Crippen molar-refractivity contribution in [2.24, 2.45) is 23.7 Å². The van der Waals surface area contributed by atoms with E-state index >= 15 is 0 Å². The summed E-state index contributed by atoms with van der Waals surface area (Å²) >= 11 is 0. The molecule has 4 amide bonds. The van der Waals surface area contributed by atoms with Crippen molar-refractivity contribution >= 4 is 46.1 Å². The molecule has 14 heteroatoms. The van der Waals surface area contributed by atoms with Crippen LogP contribution in [-0.4, -0.2) is 92.1 Å². The van der Waals surface area contributed by atoms with Crippen LogP contribution >= 0.6 is 0 Å². The number of aromatic nitrogens is 4. The highest BCUT2D eigenvalue weighted by Crippen LogP contribution is 2.55. The SMILES string of the molecule is COC(=O)N[C@H](C(=O)N1[C@@H]2C[C@@H]2C[C@H]1c1nc2ccc(-c3cc4ccc3CCc3ccc(c(-c5ccc6nc([C@@H]7C[C@H]8C[C@H]8N7C(=O)[C@@H](NC(=O)OC)C(C)C)[nH]c6c5)c3)CC4)cc2[nH]1)C(C)C. The first-order chi connectivity index (χ1) is 32.8. The number of aryl methyl sites for hydroxylation is 4. The van der Waals surface area contributed by atoms with E-state index < -0.39 is 24.3 Å². The lowest BCUT2D eigenvalue weighted by Gasteiger charge is -2.31. The van der Waals surface area contributed by atoms with E-state index in [1.165, 1.54) is 47.6 Å². The lowest BCUT2D eigenvalue weighted by atomic mass is 9.87. The van der Waals surface area contributed by atoms with Crippen LogP contribution < -0.4 is 10.6 Å². The van der Waals surface area contributed by atoms with Gasteiger partial charge in [-0.15, -0.1) is 0 Å². The van der Waals surface area contributed by atoms with Gasteiger partial charge >= 0.3 is 12.2 Å². The Morgan fingerprint density at radius 2 is 1.00 bits per heavy atom. The lowest BCUT2D eigenvalue weighted by molar-refractivity contribution is -0.137. The average Bonchev–Trinajstić information content (AvgIpc) is 3.99. The number of carbonyl (C=O) groups excluding carboxylic acids is 4. The molecule has 0 unspecified atom stereocenters. The summed E-state index contributed by atoms with van der Waals surface area (Å²) in [5, 5.41) is 5.56. The minimum absolute atomic E-state index is 0.0859. The van der Waals surface area contributed by atoms with Gasteiger partial charge in [0.05, 0.1) is 48.4 Å². The van der Waals surface area contributed by atoms with Crippen molar-refractivity contribution in [2.75, 3.05) is 14.2 Å². The molecule has 8 atom stereocenters. The predicted molar refractivity (Wildman–Crippen MR) is 258 cm³/mol. The Morgan fingerprint density at radius 1 is 0.574 bits per heavy atom. The number of imidazole rings is 2. The predicted octanol–water partition coefficient (Wildman–Crippen LogP) is 8.74. The van der Waals surface area contributed by atoms with Gasteiger partial charge in [0.15, 0.2) is 0 Å². The van der Waals surface area contributed by atoms with E-state index in [9.17, 15) is 19.2 Å². The van der Waals surface area contributed by atoms with E-state index in [1.807, 2.05) is 37.5 Å². The third-order valence-corrected chi connectivity index (χ3v) is 15.5. The highest BCUT2D eigenvalue weighted by atomic mass is 16.5. The molecule has 4 N–H and O–H groups in total. The highest BCUT2D eigenvalue weighted by molar-refractivity contribution is 5.89. The van der Waals surface area contributed by atoms with Gasteiger partial charge in [-0.2, -0.15) is 0 Å². The van der Waals surface area contributed by atoms with E-state index in [0.29, 0.717) is 11.8 Å². The molecule has 2 saturated carbocycles. The van der Waals surface area contributed by atoms with Gasteiger partial charge in [0.2, 0.25) is 11.8 Å². The van der Waals surface area contributed by atoms with E-state index in [1.54, 1.807) is 0 Å². The summed E-state index contributed by atoms with van der Waals surface area (Å²) in [6, 6.07) is 25.4. The maximum absolute atomic E-state index is 14.0. The molecule has 8 aliphatic rings. The number of rotatable bonds is 10. The number of hydrogen-bond acceptors (Lipinski definition) is 8. The van der Waals surface area contributed by atoms with Crippen LogP contribution in [0.15, 0.2) is 72.8 Å². The Labute approximate surface area is 396 Å². The standard InChI is InChI=1S/C54H60N8O6/c1-27(2)47(59-53(65)67-5)51(63)61-43-23-35(43)25-45(61)49-55-39-17-15-33(21-41(39)57-49)37-19-29-7-11-31(37)13-9-30-8-12-32(14-10-29)38(20-30)34-16-18-40-42(22-34)58-50(56-40)46-26-36-24-44(36)62(46)52(64)48(28(3)4)60-54(66)68-6/h7-8,11-12,15-22,27-28,35-36,43-48H,9-10,13-14,23-26H2,1-6H3,(H,55,57)(H,56,58)(H,59,65)(H,60,66)/t35-,36-,43-,44-,45+,46+,47+,48+/m1/s1. The van der Waals surface area contributed by atoms with E-state index in [0.717, 1.165) is 96.2 Å². The summed E-state index contributed by atoms with van der Waals surface area (Å²) in [5.41, 5.74) is 13.4. The van der Waals surface area contributed by atoms with Crippen molar-refractivity contribution in [2.45, 2.75) is 115 Å². The Hall–Kier alpha value is -6.70. The van der Waals surface area contributed by atoms with Crippen LogP contribution in [-0.2, 0) is 44.7 Å². The second kappa shape index (κ2) is 17.1. The number of piperidine rings is 2. The fourth-order valence-corrected chi connectivity index (χ4v) is 11.6. The van der Waals surface area contributed by atoms with E-state index in [-0.39, 0.29) is 47.8 Å². The number of H-pyrrole nitrogens is 2. The largest absolute Gasteiger partial charge is 0.453 e. The van der Waals surface area contributed by atoms with Crippen LogP contribution in [0, 0.1) is 23.7 Å². The van der Waals surface area contributed by atoms with Crippen molar-refractivity contribution in [3.63, 3.8) is 0 Å². The molecule has 0 spiro atoms. The fraction of sp³-hybridized carbons (Fsp3) is 0.444. The van der Waals surface area contributed by atoms with Gasteiger partial charge in [0.1, 0.15) is 23.7 Å². The Balaban J connectivity index is 0.831. The molecule has 2 aromatic heterocycles. The lowest BCUT2D eigenvalue weighted by Crippen LogP contribution is -2.52. The average molecular weight is 917 g/mol. The van der Waals surface area contributed by atoms with Crippen molar-refractivity contribution < 1.29 is 28.7 Å². The quantitative estimate of drug-likeness (QED) is 0.106. The summed E-state index contributed by atoms with van der Waals surface area (Å²) in [6.45, 7) is 7.76. The first-order valence-corrected chi connectivity index (χ1v) is 24.4. The Bertz CT molecular complexity index is 2790. The summed E-state index contributed by atoms with van der Waals surface area (Å²) in [6.07, 6.45) is 5.93. The third kappa shape index (κ3) is 7.94. The number of ether oxygens (including phenoxy) is 2. The topological polar surface area (TPSA) is 175 Å². The Kier molecular flexibility index (Phi) is 11.0. The molecule has 0 radical (unpaired) electrons. The highest BCUT2D eigenvalue weighted by Gasteiger charge is 2.57. The van der Waals surface area contributed by atoms with Gasteiger partial charge in [0.25, 0.3) is 0 Å². The van der Waals surface area contributed by atoms with Crippen molar-refractivity contribution in [1.29, 1.82) is 0 Å². The van der Waals surface area contributed by atoms with Crippen LogP contribution in [0.5, 0.6) is 0 Å². The fourth-order valence-electron chi connectivity index (χ4n) is 11.6. The molecule has 14 rings (SSSR count). The molecule has 2 aliphatic heterocycles. The zero-order valence-electron chi connectivity index (χ0n) is 39.6. The van der Waals surface area contributed by atoms with Gasteiger partial charge in [0, 0.05) is 12.1 Å². The van der Waals surface area contributed by atoms with Crippen molar-refractivity contribution in [3.8, 4) is 22.3 Å². The van der Waals surface area contributed by atoms with E-state index in [4.69, 9.17) is 19.4 Å². The molecule has 352 valence electrons. The van der Waals surface area contributed by atoms with Gasteiger partial charge in [-0.3, -0.25) is 9.59 Å². The molecule has 68 heavy (non-hydrogen) atoms. The number of methoxy groups -OCH3 is 2. The van der Waals surface area contributed by atoms with E-state index in [2.05, 4.69) is 93.4 Å². The Morgan fingerprint density at radius 3 is 1.40 bits per heavy atom. The smallest absolute Gasteiger partial charge is 0.407 e.